The van der Waals surface area contributed by atoms with E-state index in [1.54, 1.807) is 6.07 Å². The zero-order chi connectivity index (χ0) is 11.8. The number of benzene rings is 1. The quantitative estimate of drug-likeness (QED) is 0.844. The summed E-state index contributed by atoms with van der Waals surface area (Å²) in [6.07, 6.45) is 1.99. The van der Waals surface area contributed by atoms with Crippen molar-refractivity contribution in [2.24, 2.45) is 0 Å². The van der Waals surface area contributed by atoms with Crippen molar-refractivity contribution in [1.82, 2.24) is 5.32 Å². The van der Waals surface area contributed by atoms with Gasteiger partial charge in [0.05, 0.1) is 10.6 Å². The number of halogens is 2. The summed E-state index contributed by atoms with van der Waals surface area (Å²) in [7, 11) is 0. The first-order valence-corrected chi connectivity index (χ1v) is 6.43. The summed E-state index contributed by atoms with van der Waals surface area (Å²) in [6.45, 7) is 0. The van der Waals surface area contributed by atoms with Gasteiger partial charge in [-0.25, -0.2) is 0 Å². The first kappa shape index (κ1) is 11.7. The molecule has 0 aliphatic heterocycles. The second-order valence-corrected chi connectivity index (χ2v) is 5.00. The number of nitrogens with one attached hydrogen (secondary N) is 1. The molecule has 2 N–H and O–H groups in total. The van der Waals surface area contributed by atoms with Crippen LogP contribution in [0.5, 0.6) is 5.75 Å². The fourth-order valence-electron chi connectivity index (χ4n) is 1.40. The molecule has 0 atom stereocenters. The van der Waals surface area contributed by atoms with Gasteiger partial charge in [0.2, 0.25) is 0 Å². The van der Waals surface area contributed by atoms with E-state index in [9.17, 15) is 9.90 Å². The van der Waals surface area contributed by atoms with Crippen LogP contribution in [0.25, 0.3) is 0 Å². The van der Waals surface area contributed by atoms with Crippen molar-refractivity contribution in [3.8, 4) is 5.75 Å². The molecule has 0 saturated heterocycles. The van der Waals surface area contributed by atoms with E-state index < -0.39 is 0 Å². The van der Waals surface area contributed by atoms with E-state index in [1.807, 2.05) is 0 Å². The third kappa shape index (κ3) is 2.33. The van der Waals surface area contributed by atoms with E-state index in [-0.39, 0.29) is 22.2 Å². The number of phenols is 1. The zero-order valence-corrected chi connectivity index (χ0v) is 10.8. The molecule has 1 aliphatic rings. The predicted octanol–water partition coefficient (Wildman–Crippen LogP) is 2.70. The highest BCUT2D eigenvalue weighted by Crippen LogP contribution is 2.37. The van der Waals surface area contributed by atoms with Gasteiger partial charge in [0, 0.05) is 10.9 Å². The van der Waals surface area contributed by atoms with E-state index in [0.29, 0.717) is 5.56 Å². The second kappa shape index (κ2) is 4.26. The number of alkyl halides is 1. The highest BCUT2D eigenvalue weighted by molar-refractivity contribution is 9.09. The molecule has 86 valence electrons. The Balaban J connectivity index is 2.12. The maximum absolute atomic E-state index is 11.9. The fraction of sp³-hybridized carbons (Fsp3) is 0.364. The van der Waals surface area contributed by atoms with Crippen molar-refractivity contribution in [1.29, 1.82) is 0 Å². The molecule has 0 heterocycles. The molecule has 1 aromatic carbocycles. The van der Waals surface area contributed by atoms with Gasteiger partial charge >= 0.3 is 0 Å². The van der Waals surface area contributed by atoms with Crippen LogP contribution in [0.1, 0.15) is 23.2 Å². The van der Waals surface area contributed by atoms with Crippen LogP contribution < -0.4 is 5.32 Å². The molecule has 3 nitrogen and oxygen atoms in total. The Bertz CT molecular complexity index is 432. The molecule has 1 fully saturated rings. The minimum atomic E-state index is -0.154. The topological polar surface area (TPSA) is 49.3 Å². The van der Waals surface area contributed by atoms with Crippen molar-refractivity contribution in [2.45, 2.75) is 18.4 Å². The molecule has 0 radical (unpaired) electrons. The number of carbonyl (C=O) groups is 1. The number of hydrogen-bond acceptors (Lipinski definition) is 2. The van der Waals surface area contributed by atoms with E-state index in [1.165, 1.54) is 12.1 Å². The number of hydrogen-bond donors (Lipinski definition) is 2. The van der Waals surface area contributed by atoms with Crippen LogP contribution >= 0.6 is 27.5 Å². The number of aromatic hydroxyl groups is 1. The van der Waals surface area contributed by atoms with Gasteiger partial charge in [0.1, 0.15) is 5.75 Å². The first-order valence-electron chi connectivity index (χ1n) is 4.93. The molecule has 0 unspecified atom stereocenters. The lowest BCUT2D eigenvalue weighted by Gasteiger charge is -2.14. The lowest BCUT2D eigenvalue weighted by molar-refractivity contribution is 0.0936. The van der Waals surface area contributed by atoms with Gasteiger partial charge in [-0.3, -0.25) is 4.79 Å². The molecule has 1 aromatic rings. The molecule has 5 heteroatoms. The van der Waals surface area contributed by atoms with E-state index in [2.05, 4.69) is 21.2 Å². The zero-order valence-electron chi connectivity index (χ0n) is 8.46. The largest absolute Gasteiger partial charge is 0.506 e. The van der Waals surface area contributed by atoms with Crippen molar-refractivity contribution in [3.63, 3.8) is 0 Å². The normalized spacial score (nSPS) is 16.9. The summed E-state index contributed by atoms with van der Waals surface area (Å²) in [5.41, 5.74) is 0.386. The van der Waals surface area contributed by atoms with Crippen LogP contribution in [-0.4, -0.2) is 21.9 Å². The van der Waals surface area contributed by atoms with Crippen molar-refractivity contribution >= 4 is 33.4 Å². The average molecular weight is 305 g/mol. The molecule has 0 bridgehead atoms. The van der Waals surface area contributed by atoms with Crippen LogP contribution in [0.2, 0.25) is 5.02 Å². The minimum Gasteiger partial charge on any atom is -0.506 e. The SMILES string of the molecule is O=C(NC1(CBr)CC1)c1ccc(O)c(Cl)c1. The monoisotopic (exact) mass is 303 g/mol. The Labute approximate surface area is 107 Å². The van der Waals surface area contributed by atoms with Gasteiger partial charge < -0.3 is 10.4 Å². The van der Waals surface area contributed by atoms with Crippen LogP contribution in [-0.2, 0) is 0 Å². The Kier molecular flexibility index (Phi) is 3.13. The van der Waals surface area contributed by atoms with Crippen molar-refractivity contribution in [2.75, 3.05) is 5.33 Å². The number of phenolic OH excluding ortho intramolecular Hbond substituents is 1. The maximum atomic E-state index is 11.9. The van der Waals surface area contributed by atoms with Crippen LogP contribution in [0, 0.1) is 0 Å². The van der Waals surface area contributed by atoms with Crippen molar-refractivity contribution in [3.05, 3.63) is 28.8 Å². The van der Waals surface area contributed by atoms with Crippen LogP contribution in [0.3, 0.4) is 0 Å². The fourth-order valence-corrected chi connectivity index (χ4v) is 2.29. The molecule has 0 spiro atoms. The molecule has 2 rings (SSSR count). The third-order valence-electron chi connectivity index (χ3n) is 2.70. The van der Waals surface area contributed by atoms with Gasteiger partial charge in [0.15, 0.2) is 0 Å². The van der Waals surface area contributed by atoms with Gasteiger partial charge in [-0.15, -0.1) is 0 Å². The Morgan fingerprint density at radius 1 is 1.56 bits per heavy atom. The number of rotatable bonds is 3. The average Bonchev–Trinajstić information content (AvgIpc) is 3.02. The number of amides is 1. The maximum Gasteiger partial charge on any atom is 0.251 e. The van der Waals surface area contributed by atoms with Gasteiger partial charge in [-0.1, -0.05) is 27.5 Å². The number of carbonyl (C=O) groups excluding carboxylic acids is 1. The molecule has 0 aromatic heterocycles. The summed E-state index contributed by atoms with van der Waals surface area (Å²) in [6, 6.07) is 4.45. The van der Waals surface area contributed by atoms with E-state index in [4.69, 9.17) is 11.6 Å². The minimum absolute atomic E-state index is 0.0140. The van der Waals surface area contributed by atoms with Gasteiger partial charge in [-0.05, 0) is 31.0 Å². The molecule has 1 saturated carbocycles. The Morgan fingerprint density at radius 2 is 2.25 bits per heavy atom. The first-order chi connectivity index (χ1) is 7.56. The van der Waals surface area contributed by atoms with Crippen LogP contribution in [0.4, 0.5) is 0 Å². The third-order valence-corrected chi connectivity index (χ3v) is 4.07. The van der Waals surface area contributed by atoms with E-state index in [0.717, 1.165) is 18.2 Å². The molecular formula is C11H11BrClNO2. The summed E-state index contributed by atoms with van der Waals surface area (Å²) in [5, 5.41) is 13.2. The Morgan fingerprint density at radius 3 is 2.75 bits per heavy atom. The van der Waals surface area contributed by atoms with Gasteiger partial charge in [-0.2, -0.15) is 0 Å². The van der Waals surface area contributed by atoms with E-state index >= 15 is 0 Å². The highest BCUT2D eigenvalue weighted by atomic mass is 79.9. The highest BCUT2D eigenvalue weighted by Gasteiger charge is 2.42. The second-order valence-electron chi connectivity index (χ2n) is 4.03. The summed E-state index contributed by atoms with van der Waals surface area (Å²) in [4.78, 5) is 11.9. The van der Waals surface area contributed by atoms with Crippen LogP contribution in [0.15, 0.2) is 18.2 Å². The lowest BCUT2D eigenvalue weighted by Crippen LogP contribution is -2.38. The predicted molar refractivity (Wildman–Crippen MR) is 66.3 cm³/mol. The standard InChI is InChI=1S/C11H11BrClNO2/c12-6-11(3-4-11)14-10(16)7-1-2-9(15)8(13)5-7/h1-2,5,15H,3-4,6H2,(H,14,16). The summed E-state index contributed by atoms with van der Waals surface area (Å²) in [5.74, 6) is -0.168. The Hall–Kier alpha value is -0.740. The summed E-state index contributed by atoms with van der Waals surface area (Å²) >= 11 is 9.12. The van der Waals surface area contributed by atoms with Crippen molar-refractivity contribution < 1.29 is 9.90 Å². The molecule has 1 aliphatic carbocycles. The smallest absolute Gasteiger partial charge is 0.251 e. The molecular weight excluding hydrogens is 293 g/mol. The molecule has 1 amide bonds. The summed E-state index contributed by atoms with van der Waals surface area (Å²) < 4.78 is 0. The lowest BCUT2D eigenvalue weighted by atomic mass is 10.2. The van der Waals surface area contributed by atoms with Gasteiger partial charge in [0.25, 0.3) is 5.91 Å². The molecule has 16 heavy (non-hydrogen) atoms.